The third-order valence-electron chi connectivity index (χ3n) is 2.48. The van der Waals surface area contributed by atoms with E-state index in [4.69, 9.17) is 22.1 Å². The summed E-state index contributed by atoms with van der Waals surface area (Å²) in [6.45, 7) is 0. The molecule has 2 rings (SSSR count). The predicted molar refractivity (Wildman–Crippen MR) is 75.5 cm³/mol. The number of hydrogen-bond donors (Lipinski definition) is 3. The summed E-state index contributed by atoms with van der Waals surface area (Å²) in [5.74, 6) is 0.283. The number of amides is 1. The van der Waals surface area contributed by atoms with E-state index < -0.39 is 5.91 Å². The van der Waals surface area contributed by atoms with Crippen molar-refractivity contribution in [1.82, 2.24) is 15.4 Å². The Morgan fingerprint density at radius 3 is 2.85 bits per heavy atom. The van der Waals surface area contributed by atoms with Gasteiger partial charge in [-0.1, -0.05) is 23.7 Å². The van der Waals surface area contributed by atoms with E-state index in [0.29, 0.717) is 11.3 Å². The lowest BCUT2D eigenvalue weighted by molar-refractivity contribution is 0.0959. The van der Waals surface area contributed by atoms with Crippen LogP contribution < -0.4 is 21.3 Å². The molecule has 7 nitrogen and oxygen atoms in total. The fraction of sp³-hybridized carbons (Fsp3) is 0.0833. The smallest absolute Gasteiger partial charge is 0.273 e. The minimum Gasteiger partial charge on any atom is -0.496 e. The maximum Gasteiger partial charge on any atom is 0.273 e. The topological polar surface area (TPSA) is 102 Å². The molecular weight excluding hydrogens is 282 g/mol. The van der Waals surface area contributed by atoms with Crippen LogP contribution in [0.4, 0.5) is 11.5 Å². The highest BCUT2D eigenvalue weighted by Crippen LogP contribution is 2.21. The van der Waals surface area contributed by atoms with Gasteiger partial charge < -0.3 is 10.5 Å². The number of nitrogens with zero attached hydrogens (tertiary/aromatic N) is 2. The van der Waals surface area contributed by atoms with E-state index in [0.717, 1.165) is 0 Å². The van der Waals surface area contributed by atoms with Gasteiger partial charge in [0, 0.05) is 0 Å². The summed E-state index contributed by atoms with van der Waals surface area (Å²) in [5, 5.41) is 0.106. The van der Waals surface area contributed by atoms with E-state index in [1.54, 1.807) is 24.3 Å². The van der Waals surface area contributed by atoms with Gasteiger partial charge in [-0.3, -0.25) is 15.6 Å². The monoisotopic (exact) mass is 293 g/mol. The average molecular weight is 294 g/mol. The normalized spacial score (nSPS) is 9.90. The van der Waals surface area contributed by atoms with Gasteiger partial charge >= 0.3 is 0 Å². The first kappa shape index (κ1) is 13.9. The first-order valence-electron chi connectivity index (χ1n) is 5.59. The number of nitrogens with one attached hydrogen (secondary N) is 2. The van der Waals surface area contributed by atoms with E-state index in [2.05, 4.69) is 20.8 Å². The molecule has 0 saturated heterocycles. The molecule has 0 bridgehead atoms. The van der Waals surface area contributed by atoms with Crippen LogP contribution in [0.2, 0.25) is 5.15 Å². The molecule has 0 unspecified atom stereocenters. The van der Waals surface area contributed by atoms with Crippen molar-refractivity contribution in [3.8, 4) is 5.75 Å². The largest absolute Gasteiger partial charge is 0.496 e. The van der Waals surface area contributed by atoms with E-state index in [1.807, 2.05) is 0 Å². The lowest BCUT2D eigenvalue weighted by Gasteiger charge is -2.11. The summed E-state index contributed by atoms with van der Waals surface area (Å²) in [6.07, 6.45) is 1.23. The Bertz CT molecular complexity index is 635. The van der Waals surface area contributed by atoms with Crippen molar-refractivity contribution in [3.63, 3.8) is 0 Å². The molecule has 1 aromatic heterocycles. The van der Waals surface area contributed by atoms with Crippen molar-refractivity contribution in [2.75, 3.05) is 18.3 Å². The van der Waals surface area contributed by atoms with Crippen molar-refractivity contribution in [3.05, 3.63) is 41.3 Å². The Kier molecular flexibility index (Phi) is 4.21. The second-order valence-corrected chi connectivity index (χ2v) is 4.06. The number of hydrogen-bond acceptors (Lipinski definition) is 6. The third-order valence-corrected chi connectivity index (χ3v) is 2.78. The molecule has 1 aromatic carbocycles. The highest BCUT2D eigenvalue weighted by Gasteiger charge is 2.12. The minimum atomic E-state index is -0.392. The second-order valence-electron chi connectivity index (χ2n) is 3.71. The van der Waals surface area contributed by atoms with E-state index in [9.17, 15) is 4.79 Å². The molecule has 0 saturated carbocycles. The summed E-state index contributed by atoms with van der Waals surface area (Å²) < 4.78 is 5.10. The maximum atomic E-state index is 12.0. The Balaban J connectivity index is 2.11. The molecule has 0 aliphatic heterocycles. The molecule has 0 aliphatic carbocycles. The number of benzene rings is 1. The molecule has 8 heteroatoms. The number of methoxy groups -OCH3 is 1. The first-order chi connectivity index (χ1) is 9.63. The number of nitrogens with two attached hydrogens (primary N) is 1. The summed E-state index contributed by atoms with van der Waals surface area (Å²) in [7, 11) is 1.49. The quantitative estimate of drug-likeness (QED) is 0.583. The number of para-hydroxylation sites is 1. The number of rotatable bonds is 4. The van der Waals surface area contributed by atoms with Crippen molar-refractivity contribution >= 4 is 29.0 Å². The lowest BCUT2D eigenvalue weighted by Crippen LogP contribution is -2.30. The first-order valence-corrected chi connectivity index (χ1v) is 5.96. The number of carbonyl (C=O) groups is 1. The predicted octanol–water partition coefficient (Wildman–Crippen LogP) is 1.48. The maximum absolute atomic E-state index is 12.0. The zero-order valence-electron chi connectivity index (χ0n) is 10.6. The van der Waals surface area contributed by atoms with Gasteiger partial charge in [-0.2, -0.15) is 0 Å². The Morgan fingerprint density at radius 2 is 2.10 bits per heavy atom. The van der Waals surface area contributed by atoms with Crippen LogP contribution in [0.25, 0.3) is 0 Å². The molecule has 0 fully saturated rings. The fourth-order valence-corrected chi connectivity index (χ4v) is 1.62. The summed E-state index contributed by atoms with van der Waals surface area (Å²) in [4.78, 5) is 19.6. The number of aromatic nitrogens is 2. The van der Waals surface area contributed by atoms with Gasteiger partial charge in [0.05, 0.1) is 12.7 Å². The van der Waals surface area contributed by atoms with E-state index in [1.165, 1.54) is 13.4 Å². The second kappa shape index (κ2) is 6.07. The molecule has 1 amide bonds. The van der Waals surface area contributed by atoms with Crippen molar-refractivity contribution < 1.29 is 9.53 Å². The standard InChI is InChI=1S/C12H12ClN5O2/c1-20-8-5-3-2-4-7(8)12(19)18-17-11-9(14)10(13)15-6-16-11/h2-6H,14H2,1H3,(H,18,19)(H,15,16,17). The molecule has 4 N–H and O–H groups in total. The Hall–Kier alpha value is -2.54. The molecule has 2 aromatic rings. The third kappa shape index (κ3) is 2.89. The average Bonchev–Trinajstić information content (AvgIpc) is 2.48. The van der Waals surface area contributed by atoms with Gasteiger partial charge in [-0.15, -0.1) is 0 Å². The van der Waals surface area contributed by atoms with Gasteiger partial charge in [0.25, 0.3) is 5.91 Å². The highest BCUT2D eigenvalue weighted by molar-refractivity contribution is 6.32. The van der Waals surface area contributed by atoms with E-state index in [-0.39, 0.29) is 16.7 Å². The van der Waals surface area contributed by atoms with Crippen LogP contribution in [0.1, 0.15) is 10.4 Å². The number of carbonyl (C=O) groups excluding carboxylic acids is 1. The van der Waals surface area contributed by atoms with Crippen LogP contribution in [0.3, 0.4) is 0 Å². The molecular formula is C12H12ClN5O2. The summed E-state index contributed by atoms with van der Waals surface area (Å²) in [5.41, 5.74) is 11.2. The van der Waals surface area contributed by atoms with Crippen LogP contribution in [0.15, 0.2) is 30.6 Å². The lowest BCUT2D eigenvalue weighted by atomic mass is 10.2. The molecule has 0 spiro atoms. The minimum absolute atomic E-state index is 0.106. The number of ether oxygens (including phenoxy) is 1. The van der Waals surface area contributed by atoms with Crippen LogP contribution in [-0.4, -0.2) is 23.0 Å². The number of nitrogen functional groups attached to an aromatic ring is 1. The number of halogens is 1. The van der Waals surface area contributed by atoms with Crippen LogP contribution in [0.5, 0.6) is 5.75 Å². The highest BCUT2D eigenvalue weighted by atomic mass is 35.5. The summed E-state index contributed by atoms with van der Waals surface area (Å²) in [6, 6.07) is 6.82. The van der Waals surface area contributed by atoms with Crippen LogP contribution >= 0.6 is 11.6 Å². The molecule has 0 atom stereocenters. The van der Waals surface area contributed by atoms with Crippen LogP contribution in [-0.2, 0) is 0 Å². The Labute approximate surface area is 120 Å². The SMILES string of the molecule is COc1ccccc1C(=O)NNc1ncnc(Cl)c1N. The fourth-order valence-electron chi connectivity index (χ4n) is 1.49. The zero-order valence-corrected chi connectivity index (χ0v) is 11.3. The van der Waals surface area contributed by atoms with Crippen LogP contribution in [0, 0.1) is 0 Å². The molecule has 20 heavy (non-hydrogen) atoms. The summed E-state index contributed by atoms with van der Waals surface area (Å²) >= 11 is 5.75. The zero-order chi connectivity index (χ0) is 14.5. The van der Waals surface area contributed by atoms with Crippen molar-refractivity contribution in [2.24, 2.45) is 0 Å². The molecule has 0 aliphatic rings. The number of anilines is 2. The van der Waals surface area contributed by atoms with Gasteiger partial charge in [0.2, 0.25) is 0 Å². The Morgan fingerprint density at radius 1 is 1.35 bits per heavy atom. The number of hydrazine groups is 1. The molecule has 1 heterocycles. The van der Waals surface area contributed by atoms with Crippen molar-refractivity contribution in [2.45, 2.75) is 0 Å². The van der Waals surface area contributed by atoms with Gasteiger partial charge in [0.1, 0.15) is 17.8 Å². The van der Waals surface area contributed by atoms with Crippen molar-refractivity contribution in [1.29, 1.82) is 0 Å². The molecule has 0 radical (unpaired) electrons. The van der Waals surface area contributed by atoms with Gasteiger partial charge in [-0.05, 0) is 12.1 Å². The van der Waals surface area contributed by atoms with Gasteiger partial charge in [-0.25, -0.2) is 9.97 Å². The molecule has 104 valence electrons. The van der Waals surface area contributed by atoms with E-state index >= 15 is 0 Å². The van der Waals surface area contributed by atoms with Gasteiger partial charge in [0.15, 0.2) is 11.0 Å².